The maximum absolute atomic E-state index is 12.8. The van der Waals surface area contributed by atoms with E-state index >= 15 is 0 Å². The number of hydrogen-bond donors (Lipinski definition) is 0. The molecule has 0 spiro atoms. The van der Waals surface area contributed by atoms with Crippen molar-refractivity contribution in [3.63, 3.8) is 0 Å². The molecule has 14 heavy (non-hydrogen) atoms. The summed E-state index contributed by atoms with van der Waals surface area (Å²) in [5.41, 5.74) is 0.950. The van der Waals surface area contributed by atoms with E-state index in [9.17, 15) is 13.6 Å². The highest BCUT2D eigenvalue weighted by Gasteiger charge is 2.35. The maximum atomic E-state index is 12.8. The number of halogens is 2. The summed E-state index contributed by atoms with van der Waals surface area (Å²) in [4.78, 5) is 12.9. The van der Waals surface area contributed by atoms with Crippen LogP contribution in [0.2, 0.25) is 0 Å². The molecule has 1 saturated heterocycles. The van der Waals surface area contributed by atoms with E-state index in [-0.39, 0.29) is 18.6 Å². The van der Waals surface area contributed by atoms with Gasteiger partial charge in [-0.1, -0.05) is 0 Å². The first-order valence-corrected chi connectivity index (χ1v) is 4.93. The van der Waals surface area contributed by atoms with Crippen LogP contribution < -0.4 is 0 Å². The summed E-state index contributed by atoms with van der Waals surface area (Å²) < 4.78 is 25.7. The van der Waals surface area contributed by atoms with Crippen molar-refractivity contribution in [1.82, 2.24) is 4.90 Å². The molecule has 0 saturated carbocycles. The van der Waals surface area contributed by atoms with Crippen LogP contribution in [0.5, 0.6) is 0 Å². The Labute approximate surface area is 81.6 Å². The fraction of sp³-hybridized carbons (Fsp3) is 0.700. The lowest BCUT2D eigenvalue weighted by atomic mass is 10.1. The molecule has 1 aliphatic carbocycles. The second-order valence-electron chi connectivity index (χ2n) is 3.94. The van der Waals surface area contributed by atoms with E-state index < -0.39 is 5.92 Å². The van der Waals surface area contributed by atoms with Gasteiger partial charge < -0.3 is 4.90 Å². The molecule has 4 heteroatoms. The third-order valence-electron chi connectivity index (χ3n) is 2.86. The van der Waals surface area contributed by atoms with Crippen molar-refractivity contribution in [3.05, 3.63) is 11.8 Å². The molecule has 0 aromatic carbocycles. The first-order valence-electron chi connectivity index (χ1n) is 4.93. The summed E-state index contributed by atoms with van der Waals surface area (Å²) in [5.74, 6) is -2.38. The van der Waals surface area contributed by atoms with Crippen LogP contribution in [0.4, 0.5) is 8.78 Å². The van der Waals surface area contributed by atoms with Gasteiger partial charge in [0.25, 0.3) is 5.92 Å². The van der Waals surface area contributed by atoms with Gasteiger partial charge in [0.05, 0.1) is 0 Å². The van der Waals surface area contributed by atoms with Gasteiger partial charge in [-0.15, -0.1) is 0 Å². The normalized spacial score (nSPS) is 26.6. The van der Waals surface area contributed by atoms with Crippen LogP contribution in [0.3, 0.4) is 0 Å². The number of nitrogens with zero attached hydrogens (tertiary/aromatic N) is 1. The van der Waals surface area contributed by atoms with Crippen molar-refractivity contribution in [3.8, 4) is 0 Å². The lowest BCUT2D eigenvalue weighted by Crippen LogP contribution is -2.38. The Hall–Kier alpha value is -0.930. The Morgan fingerprint density at radius 2 is 1.86 bits per heavy atom. The number of rotatable bonds is 1. The molecule has 78 valence electrons. The molecule has 1 aliphatic heterocycles. The second kappa shape index (κ2) is 3.33. The summed E-state index contributed by atoms with van der Waals surface area (Å²) in [6.07, 6.45) is 2.70. The molecule has 0 aromatic heterocycles. The molecule has 1 fully saturated rings. The number of piperidine rings is 1. The van der Waals surface area contributed by atoms with Gasteiger partial charge >= 0.3 is 0 Å². The Kier molecular flexibility index (Phi) is 2.29. The Balaban J connectivity index is 1.96. The van der Waals surface area contributed by atoms with Gasteiger partial charge in [0.2, 0.25) is 0 Å². The first-order chi connectivity index (χ1) is 6.57. The molecular weight excluding hydrogens is 188 g/mol. The molecule has 0 amide bonds. The lowest BCUT2D eigenvalue weighted by molar-refractivity contribution is -0.114. The monoisotopic (exact) mass is 201 g/mol. The Morgan fingerprint density at radius 1 is 1.21 bits per heavy atom. The number of allylic oxidation sites excluding steroid dienone is 2. The van der Waals surface area contributed by atoms with Crippen LogP contribution in [0.1, 0.15) is 25.7 Å². The standard InChI is InChI=1S/C10H13F2NO/c11-10(12)3-5-13(6-4-10)8-1-2-9(14)7-8/h7H,1-6H2. The molecular formula is C10H13F2NO. The van der Waals surface area contributed by atoms with Gasteiger partial charge in [-0.2, -0.15) is 0 Å². The summed E-state index contributed by atoms with van der Waals surface area (Å²) in [6, 6.07) is 0. The van der Waals surface area contributed by atoms with E-state index in [1.807, 2.05) is 4.90 Å². The van der Waals surface area contributed by atoms with Crippen LogP contribution >= 0.6 is 0 Å². The van der Waals surface area contributed by atoms with Gasteiger partial charge in [0, 0.05) is 44.1 Å². The second-order valence-corrected chi connectivity index (χ2v) is 3.94. The quantitative estimate of drug-likeness (QED) is 0.646. The van der Waals surface area contributed by atoms with Crippen molar-refractivity contribution >= 4 is 5.78 Å². The molecule has 2 aliphatic rings. The van der Waals surface area contributed by atoms with Crippen molar-refractivity contribution in [2.24, 2.45) is 0 Å². The molecule has 0 unspecified atom stereocenters. The van der Waals surface area contributed by atoms with Gasteiger partial charge in [-0.05, 0) is 6.42 Å². The molecule has 0 N–H and O–H groups in total. The number of hydrogen-bond acceptors (Lipinski definition) is 2. The minimum atomic E-state index is -2.50. The van der Waals surface area contributed by atoms with Crippen LogP contribution in [0.25, 0.3) is 0 Å². The van der Waals surface area contributed by atoms with Crippen LogP contribution in [-0.4, -0.2) is 29.7 Å². The zero-order valence-electron chi connectivity index (χ0n) is 7.93. The zero-order valence-corrected chi connectivity index (χ0v) is 7.93. The van der Waals surface area contributed by atoms with Crippen LogP contribution in [0, 0.1) is 0 Å². The van der Waals surface area contributed by atoms with Gasteiger partial charge in [0.15, 0.2) is 5.78 Å². The molecule has 0 bridgehead atoms. The van der Waals surface area contributed by atoms with E-state index in [1.165, 1.54) is 0 Å². The first kappa shape index (κ1) is 9.62. The molecule has 2 rings (SSSR count). The lowest BCUT2D eigenvalue weighted by Gasteiger charge is -2.34. The summed E-state index contributed by atoms with van der Waals surface area (Å²) in [7, 11) is 0. The molecule has 2 nitrogen and oxygen atoms in total. The van der Waals surface area contributed by atoms with Crippen LogP contribution in [-0.2, 0) is 4.79 Å². The Morgan fingerprint density at radius 3 is 2.36 bits per heavy atom. The summed E-state index contributed by atoms with van der Waals surface area (Å²) >= 11 is 0. The third kappa shape index (κ3) is 1.94. The average molecular weight is 201 g/mol. The number of alkyl halides is 2. The van der Waals surface area contributed by atoms with E-state index in [1.54, 1.807) is 6.08 Å². The molecule has 0 aromatic rings. The molecule has 0 atom stereocenters. The van der Waals surface area contributed by atoms with Crippen molar-refractivity contribution in [1.29, 1.82) is 0 Å². The highest BCUT2D eigenvalue weighted by atomic mass is 19.3. The van der Waals surface area contributed by atoms with Gasteiger partial charge in [-0.3, -0.25) is 4.79 Å². The SMILES string of the molecule is O=C1C=C(N2CCC(F)(F)CC2)CC1. The highest BCUT2D eigenvalue weighted by Crippen LogP contribution is 2.31. The van der Waals surface area contributed by atoms with E-state index in [0.717, 1.165) is 12.1 Å². The summed E-state index contributed by atoms with van der Waals surface area (Å²) in [5, 5.41) is 0. The fourth-order valence-corrected chi connectivity index (χ4v) is 1.95. The highest BCUT2D eigenvalue weighted by molar-refractivity contribution is 5.92. The molecule has 0 radical (unpaired) electrons. The van der Waals surface area contributed by atoms with Crippen molar-refractivity contribution < 1.29 is 13.6 Å². The van der Waals surface area contributed by atoms with E-state index in [2.05, 4.69) is 0 Å². The maximum Gasteiger partial charge on any atom is 0.251 e. The van der Waals surface area contributed by atoms with E-state index in [4.69, 9.17) is 0 Å². The number of ketones is 1. The minimum absolute atomic E-state index is 0.0848. The number of carbonyl (C=O) groups excluding carboxylic acids is 1. The van der Waals surface area contributed by atoms with Gasteiger partial charge in [-0.25, -0.2) is 8.78 Å². The summed E-state index contributed by atoms with van der Waals surface area (Å²) in [6.45, 7) is 0.762. The van der Waals surface area contributed by atoms with Crippen molar-refractivity contribution in [2.45, 2.75) is 31.6 Å². The molecule has 1 heterocycles. The predicted octanol–water partition coefficient (Wildman–Crippen LogP) is 1.96. The number of likely N-dealkylation sites (tertiary alicyclic amines) is 1. The zero-order chi connectivity index (χ0) is 10.2. The smallest absolute Gasteiger partial charge is 0.251 e. The Bertz CT molecular complexity index is 276. The third-order valence-corrected chi connectivity index (χ3v) is 2.86. The largest absolute Gasteiger partial charge is 0.374 e. The minimum Gasteiger partial charge on any atom is -0.374 e. The fourth-order valence-electron chi connectivity index (χ4n) is 1.95. The topological polar surface area (TPSA) is 20.3 Å². The van der Waals surface area contributed by atoms with Crippen molar-refractivity contribution in [2.75, 3.05) is 13.1 Å². The number of carbonyl (C=O) groups is 1. The predicted molar refractivity (Wildman–Crippen MR) is 48.1 cm³/mol. The van der Waals surface area contributed by atoms with E-state index in [0.29, 0.717) is 19.5 Å². The van der Waals surface area contributed by atoms with Gasteiger partial charge in [0.1, 0.15) is 0 Å². The van der Waals surface area contributed by atoms with Crippen LogP contribution in [0.15, 0.2) is 11.8 Å². The average Bonchev–Trinajstić information content (AvgIpc) is 2.52.